The minimum atomic E-state index is -2.96. The molecule has 2 rings (SSSR count). The fraction of sp³-hybridized carbons (Fsp3) is 0.438. The molecule has 1 aromatic heterocycles. The molecule has 5 heteroatoms. The van der Waals surface area contributed by atoms with E-state index in [0.717, 1.165) is 23.4 Å². The van der Waals surface area contributed by atoms with Crippen LogP contribution in [-0.4, -0.2) is 9.78 Å². The molecule has 0 fully saturated rings. The predicted molar refractivity (Wildman–Crippen MR) is 79.3 cm³/mol. The standard InChI is InChI=1S/C16H21F2N3/c1-4-14(19)15-11(2)20-21(12(15)3)10-16(17,18)13-8-6-5-7-9-13/h5-9,14H,4,10,19H2,1-3H3. The number of hydrogen-bond acceptors (Lipinski definition) is 2. The van der Waals surface area contributed by atoms with Gasteiger partial charge in [-0.25, -0.2) is 0 Å². The molecule has 1 unspecified atom stereocenters. The number of aromatic nitrogens is 2. The SMILES string of the molecule is CCC(N)c1c(C)nn(CC(F)(F)c2ccccc2)c1C. The summed E-state index contributed by atoms with van der Waals surface area (Å²) in [6.45, 7) is 5.11. The van der Waals surface area contributed by atoms with E-state index in [2.05, 4.69) is 5.10 Å². The van der Waals surface area contributed by atoms with Gasteiger partial charge in [-0.15, -0.1) is 0 Å². The van der Waals surface area contributed by atoms with Crippen molar-refractivity contribution in [2.24, 2.45) is 5.73 Å². The number of hydrogen-bond donors (Lipinski definition) is 1. The molecule has 1 heterocycles. The third-order valence-electron chi connectivity index (χ3n) is 3.79. The van der Waals surface area contributed by atoms with Crippen molar-refractivity contribution < 1.29 is 8.78 Å². The zero-order chi connectivity index (χ0) is 15.6. The molecule has 0 radical (unpaired) electrons. The molecular formula is C16H21F2N3. The number of halogens is 2. The van der Waals surface area contributed by atoms with Gasteiger partial charge in [0, 0.05) is 22.9 Å². The Morgan fingerprint density at radius 3 is 2.43 bits per heavy atom. The van der Waals surface area contributed by atoms with Gasteiger partial charge in [-0.05, 0) is 20.3 Å². The number of benzene rings is 1. The molecule has 0 aliphatic heterocycles. The first-order valence-electron chi connectivity index (χ1n) is 7.09. The summed E-state index contributed by atoms with van der Waals surface area (Å²) >= 11 is 0. The zero-order valence-corrected chi connectivity index (χ0v) is 12.6. The molecule has 1 aromatic carbocycles. The summed E-state index contributed by atoms with van der Waals surface area (Å²) in [4.78, 5) is 0. The Labute approximate surface area is 123 Å². The van der Waals surface area contributed by atoms with Crippen LogP contribution in [0.3, 0.4) is 0 Å². The van der Waals surface area contributed by atoms with E-state index in [4.69, 9.17) is 5.73 Å². The lowest BCUT2D eigenvalue weighted by molar-refractivity contribution is -0.0260. The highest BCUT2D eigenvalue weighted by Gasteiger charge is 2.33. The van der Waals surface area contributed by atoms with Gasteiger partial charge < -0.3 is 5.73 Å². The Morgan fingerprint density at radius 1 is 1.24 bits per heavy atom. The Bertz CT molecular complexity index is 605. The van der Waals surface area contributed by atoms with Crippen LogP contribution >= 0.6 is 0 Å². The highest BCUT2D eigenvalue weighted by Crippen LogP contribution is 2.31. The van der Waals surface area contributed by atoms with Crippen molar-refractivity contribution in [2.45, 2.75) is 45.7 Å². The normalized spacial score (nSPS) is 13.4. The van der Waals surface area contributed by atoms with Crippen LogP contribution in [0.15, 0.2) is 30.3 Å². The third kappa shape index (κ3) is 3.13. The van der Waals surface area contributed by atoms with Crippen LogP contribution in [0.5, 0.6) is 0 Å². The van der Waals surface area contributed by atoms with Gasteiger partial charge in [-0.1, -0.05) is 37.3 Å². The molecule has 2 aromatic rings. The molecule has 2 N–H and O–H groups in total. The van der Waals surface area contributed by atoms with Gasteiger partial charge in [0.05, 0.1) is 5.69 Å². The fourth-order valence-electron chi connectivity index (χ4n) is 2.57. The van der Waals surface area contributed by atoms with Gasteiger partial charge >= 0.3 is 0 Å². The molecule has 0 spiro atoms. The minimum absolute atomic E-state index is 0.00102. The fourth-order valence-corrected chi connectivity index (χ4v) is 2.57. The molecule has 114 valence electrons. The van der Waals surface area contributed by atoms with Crippen LogP contribution in [0.1, 0.15) is 41.9 Å². The van der Waals surface area contributed by atoms with Gasteiger partial charge in [-0.2, -0.15) is 13.9 Å². The maximum Gasteiger partial charge on any atom is 0.292 e. The van der Waals surface area contributed by atoms with Gasteiger partial charge in [0.15, 0.2) is 0 Å². The van der Waals surface area contributed by atoms with E-state index in [0.29, 0.717) is 0 Å². The topological polar surface area (TPSA) is 43.8 Å². The van der Waals surface area contributed by atoms with E-state index < -0.39 is 12.5 Å². The molecule has 0 saturated heterocycles. The number of alkyl halides is 2. The Hall–Kier alpha value is -1.75. The summed E-state index contributed by atoms with van der Waals surface area (Å²) in [5.74, 6) is -2.96. The van der Waals surface area contributed by atoms with E-state index in [9.17, 15) is 8.78 Å². The summed E-state index contributed by atoms with van der Waals surface area (Å²) in [6.07, 6.45) is 0.752. The van der Waals surface area contributed by atoms with Crippen LogP contribution < -0.4 is 5.73 Å². The van der Waals surface area contributed by atoms with Crippen LogP contribution in [0.25, 0.3) is 0 Å². The van der Waals surface area contributed by atoms with Gasteiger partial charge in [-0.3, -0.25) is 4.68 Å². The molecule has 0 bridgehead atoms. The first-order chi connectivity index (χ1) is 9.86. The van der Waals surface area contributed by atoms with Crippen molar-refractivity contribution in [1.29, 1.82) is 0 Å². The van der Waals surface area contributed by atoms with E-state index in [-0.39, 0.29) is 11.6 Å². The van der Waals surface area contributed by atoms with Crippen LogP contribution in [0.4, 0.5) is 8.78 Å². The zero-order valence-electron chi connectivity index (χ0n) is 12.6. The summed E-state index contributed by atoms with van der Waals surface area (Å²) < 4.78 is 30.1. The second kappa shape index (κ2) is 5.93. The molecule has 0 aliphatic carbocycles. The average molecular weight is 293 g/mol. The molecule has 0 aliphatic rings. The second-order valence-corrected chi connectivity index (χ2v) is 5.33. The third-order valence-corrected chi connectivity index (χ3v) is 3.79. The Kier molecular flexibility index (Phi) is 4.42. The van der Waals surface area contributed by atoms with Crippen LogP contribution in [0.2, 0.25) is 0 Å². The summed E-state index contributed by atoms with van der Waals surface area (Å²) in [5.41, 5.74) is 8.37. The minimum Gasteiger partial charge on any atom is -0.324 e. The number of aryl methyl sites for hydroxylation is 1. The summed E-state index contributed by atoms with van der Waals surface area (Å²) in [5, 5.41) is 4.25. The van der Waals surface area contributed by atoms with Crippen molar-refractivity contribution in [3.05, 3.63) is 52.8 Å². The Balaban J connectivity index is 2.32. The van der Waals surface area contributed by atoms with Crippen molar-refractivity contribution in [3.8, 4) is 0 Å². The van der Waals surface area contributed by atoms with Gasteiger partial charge in [0.1, 0.15) is 6.54 Å². The molecule has 0 amide bonds. The van der Waals surface area contributed by atoms with Crippen molar-refractivity contribution in [3.63, 3.8) is 0 Å². The van der Waals surface area contributed by atoms with Crippen LogP contribution in [-0.2, 0) is 12.5 Å². The van der Waals surface area contributed by atoms with Crippen LogP contribution in [0, 0.1) is 13.8 Å². The summed E-state index contributed by atoms with van der Waals surface area (Å²) in [6, 6.07) is 7.66. The maximum atomic E-state index is 14.4. The van der Waals surface area contributed by atoms with Crippen molar-refractivity contribution in [1.82, 2.24) is 9.78 Å². The summed E-state index contributed by atoms with van der Waals surface area (Å²) in [7, 11) is 0. The predicted octanol–water partition coefficient (Wildman–Crippen LogP) is 3.70. The van der Waals surface area contributed by atoms with Gasteiger partial charge in [0.2, 0.25) is 0 Å². The van der Waals surface area contributed by atoms with E-state index in [1.165, 1.54) is 16.8 Å². The first kappa shape index (κ1) is 15.6. The molecule has 3 nitrogen and oxygen atoms in total. The van der Waals surface area contributed by atoms with E-state index in [1.54, 1.807) is 25.1 Å². The maximum absolute atomic E-state index is 14.4. The largest absolute Gasteiger partial charge is 0.324 e. The van der Waals surface area contributed by atoms with E-state index in [1.807, 2.05) is 13.8 Å². The average Bonchev–Trinajstić information content (AvgIpc) is 2.73. The monoisotopic (exact) mass is 293 g/mol. The van der Waals surface area contributed by atoms with Crippen molar-refractivity contribution in [2.75, 3.05) is 0 Å². The lowest BCUT2D eigenvalue weighted by atomic mass is 10.0. The molecule has 1 atom stereocenters. The van der Waals surface area contributed by atoms with Gasteiger partial charge in [0.25, 0.3) is 5.92 Å². The molecular weight excluding hydrogens is 272 g/mol. The first-order valence-corrected chi connectivity index (χ1v) is 7.09. The second-order valence-electron chi connectivity index (χ2n) is 5.33. The molecule has 21 heavy (non-hydrogen) atoms. The highest BCUT2D eigenvalue weighted by atomic mass is 19.3. The highest BCUT2D eigenvalue weighted by molar-refractivity contribution is 5.28. The number of nitrogens with two attached hydrogens (primary N) is 1. The lowest BCUT2D eigenvalue weighted by Gasteiger charge is -2.18. The Morgan fingerprint density at radius 2 is 1.86 bits per heavy atom. The lowest BCUT2D eigenvalue weighted by Crippen LogP contribution is -2.23. The van der Waals surface area contributed by atoms with Crippen molar-refractivity contribution >= 4 is 0 Å². The number of rotatable bonds is 5. The quantitative estimate of drug-likeness (QED) is 0.913. The van der Waals surface area contributed by atoms with E-state index >= 15 is 0 Å². The smallest absolute Gasteiger partial charge is 0.292 e. The number of nitrogens with zero attached hydrogens (tertiary/aromatic N) is 2. The molecule has 0 saturated carbocycles.